The molecule has 2 nitrogen and oxygen atoms in total. The molecule has 0 amide bonds. The first-order valence-corrected chi connectivity index (χ1v) is 8.54. The Hall–Kier alpha value is -2.19. The van der Waals surface area contributed by atoms with Crippen molar-refractivity contribution in [3.8, 4) is 23.7 Å². The standard InChI is InChI=1S/C21H26O2/c1-2-3-4-5-6-7-8-9-10-11-12-13-14-19-15-17-20(18-16-19)21(22)23/h15-18H,2-10H2,1H3,(H,22,23)/p-1. The van der Waals surface area contributed by atoms with Crippen LogP contribution in [0.15, 0.2) is 24.3 Å². The van der Waals surface area contributed by atoms with Crippen LogP contribution in [0.4, 0.5) is 0 Å². The van der Waals surface area contributed by atoms with Crippen molar-refractivity contribution in [2.24, 2.45) is 0 Å². The molecule has 0 bridgehead atoms. The fraction of sp³-hybridized carbons (Fsp3) is 0.476. The number of rotatable bonds is 9. The lowest BCUT2D eigenvalue weighted by atomic mass is 10.1. The summed E-state index contributed by atoms with van der Waals surface area (Å²) in [6, 6.07) is 6.32. The van der Waals surface area contributed by atoms with E-state index in [1.165, 1.54) is 57.1 Å². The van der Waals surface area contributed by atoms with Crippen LogP contribution in [0.25, 0.3) is 0 Å². The van der Waals surface area contributed by atoms with E-state index in [9.17, 15) is 9.90 Å². The van der Waals surface area contributed by atoms with Gasteiger partial charge in [0.25, 0.3) is 0 Å². The van der Waals surface area contributed by atoms with Gasteiger partial charge in [0.15, 0.2) is 0 Å². The number of carboxylic acid groups (broad SMARTS) is 1. The minimum absolute atomic E-state index is 0.163. The summed E-state index contributed by atoms with van der Waals surface area (Å²) in [7, 11) is 0. The minimum Gasteiger partial charge on any atom is -0.545 e. The summed E-state index contributed by atoms with van der Waals surface area (Å²) < 4.78 is 0. The second kappa shape index (κ2) is 12.4. The maximum Gasteiger partial charge on any atom is 0.0715 e. The Balaban J connectivity index is 2.15. The van der Waals surface area contributed by atoms with Crippen LogP contribution in [0.3, 0.4) is 0 Å². The van der Waals surface area contributed by atoms with Gasteiger partial charge in [-0.05, 0) is 36.0 Å². The summed E-state index contributed by atoms with van der Waals surface area (Å²) in [5.74, 6) is 10.5. The Morgan fingerprint density at radius 1 is 0.913 bits per heavy atom. The Kier molecular flexibility index (Phi) is 10.1. The Morgan fingerprint density at radius 2 is 1.52 bits per heavy atom. The van der Waals surface area contributed by atoms with Crippen LogP contribution >= 0.6 is 0 Å². The third kappa shape index (κ3) is 9.43. The maximum absolute atomic E-state index is 10.6. The van der Waals surface area contributed by atoms with Crippen molar-refractivity contribution < 1.29 is 9.90 Å². The van der Waals surface area contributed by atoms with E-state index < -0.39 is 5.97 Å². The lowest BCUT2D eigenvalue weighted by molar-refractivity contribution is -0.255. The fourth-order valence-corrected chi connectivity index (χ4v) is 2.25. The van der Waals surface area contributed by atoms with Crippen molar-refractivity contribution in [3.05, 3.63) is 35.4 Å². The monoisotopic (exact) mass is 309 g/mol. The lowest BCUT2D eigenvalue weighted by Gasteiger charge is -2.00. The molecule has 0 unspecified atom stereocenters. The summed E-state index contributed by atoms with van der Waals surface area (Å²) in [4.78, 5) is 10.6. The van der Waals surface area contributed by atoms with E-state index in [1.54, 1.807) is 12.1 Å². The van der Waals surface area contributed by atoms with Crippen LogP contribution in [0.1, 0.15) is 80.6 Å². The second-order valence-corrected chi connectivity index (χ2v) is 5.64. The highest BCUT2D eigenvalue weighted by Gasteiger charge is 1.92. The van der Waals surface area contributed by atoms with E-state index in [2.05, 4.69) is 30.6 Å². The fourth-order valence-electron chi connectivity index (χ4n) is 2.25. The first-order valence-electron chi connectivity index (χ1n) is 8.54. The molecule has 1 aromatic carbocycles. The average molecular weight is 309 g/mol. The molecule has 0 spiro atoms. The van der Waals surface area contributed by atoms with Gasteiger partial charge >= 0.3 is 0 Å². The first kappa shape index (κ1) is 18.9. The molecule has 1 rings (SSSR count). The van der Waals surface area contributed by atoms with Gasteiger partial charge in [0.1, 0.15) is 0 Å². The zero-order valence-electron chi connectivity index (χ0n) is 14.0. The minimum atomic E-state index is -1.17. The van der Waals surface area contributed by atoms with Crippen LogP contribution < -0.4 is 5.11 Å². The van der Waals surface area contributed by atoms with Crippen LogP contribution in [0.5, 0.6) is 0 Å². The van der Waals surface area contributed by atoms with Gasteiger partial charge in [-0.25, -0.2) is 0 Å². The molecular formula is C21H25O2-. The van der Waals surface area contributed by atoms with Crippen molar-refractivity contribution in [3.63, 3.8) is 0 Å². The Morgan fingerprint density at radius 3 is 2.13 bits per heavy atom. The smallest absolute Gasteiger partial charge is 0.0715 e. The molecule has 122 valence electrons. The zero-order chi connectivity index (χ0) is 16.8. The van der Waals surface area contributed by atoms with Gasteiger partial charge in [0.05, 0.1) is 5.97 Å². The molecule has 0 atom stereocenters. The van der Waals surface area contributed by atoms with Gasteiger partial charge < -0.3 is 9.90 Å². The van der Waals surface area contributed by atoms with Crippen molar-refractivity contribution in [2.45, 2.75) is 64.7 Å². The number of benzene rings is 1. The molecule has 0 aliphatic carbocycles. The molecular weight excluding hydrogens is 284 g/mol. The van der Waals surface area contributed by atoms with E-state index in [-0.39, 0.29) is 5.56 Å². The molecule has 0 saturated heterocycles. The van der Waals surface area contributed by atoms with Crippen LogP contribution in [-0.2, 0) is 0 Å². The third-order valence-electron chi connectivity index (χ3n) is 3.63. The van der Waals surface area contributed by atoms with Crippen LogP contribution in [0.2, 0.25) is 0 Å². The molecule has 0 N–H and O–H groups in total. The summed E-state index contributed by atoms with van der Waals surface area (Å²) in [5, 5.41) is 10.6. The highest BCUT2D eigenvalue weighted by molar-refractivity contribution is 5.85. The molecule has 1 aromatic rings. The summed E-state index contributed by atoms with van der Waals surface area (Å²) in [5.41, 5.74) is 0.924. The zero-order valence-corrected chi connectivity index (χ0v) is 14.0. The number of carbonyl (C=O) groups is 1. The Bertz CT molecular complexity index is 576. The lowest BCUT2D eigenvalue weighted by Crippen LogP contribution is -2.21. The van der Waals surface area contributed by atoms with E-state index in [0.717, 1.165) is 18.4 Å². The van der Waals surface area contributed by atoms with Gasteiger partial charge in [0, 0.05) is 12.0 Å². The highest BCUT2D eigenvalue weighted by Crippen LogP contribution is 2.09. The topological polar surface area (TPSA) is 40.1 Å². The molecule has 0 aliphatic heterocycles. The summed E-state index contributed by atoms with van der Waals surface area (Å²) >= 11 is 0. The largest absolute Gasteiger partial charge is 0.545 e. The van der Waals surface area contributed by atoms with E-state index >= 15 is 0 Å². The van der Waals surface area contributed by atoms with Crippen LogP contribution in [-0.4, -0.2) is 5.97 Å². The van der Waals surface area contributed by atoms with Crippen molar-refractivity contribution in [1.82, 2.24) is 0 Å². The van der Waals surface area contributed by atoms with Crippen molar-refractivity contribution in [2.75, 3.05) is 0 Å². The second-order valence-electron chi connectivity index (χ2n) is 5.64. The van der Waals surface area contributed by atoms with Gasteiger partial charge in [0.2, 0.25) is 0 Å². The van der Waals surface area contributed by atoms with E-state index in [0.29, 0.717) is 0 Å². The number of carbonyl (C=O) groups excluding carboxylic acids is 1. The molecule has 2 heteroatoms. The molecule has 0 aliphatic rings. The van der Waals surface area contributed by atoms with E-state index in [4.69, 9.17) is 0 Å². The number of unbranched alkanes of at least 4 members (excludes halogenated alkanes) is 8. The molecule has 0 heterocycles. The summed E-state index contributed by atoms with van der Waals surface area (Å²) in [6.07, 6.45) is 11.3. The highest BCUT2D eigenvalue weighted by atomic mass is 16.4. The van der Waals surface area contributed by atoms with Gasteiger partial charge in [-0.2, -0.15) is 0 Å². The third-order valence-corrected chi connectivity index (χ3v) is 3.63. The van der Waals surface area contributed by atoms with Gasteiger partial charge in [-0.15, -0.1) is 0 Å². The predicted molar refractivity (Wildman–Crippen MR) is 92.7 cm³/mol. The van der Waals surface area contributed by atoms with Crippen molar-refractivity contribution >= 4 is 5.97 Å². The molecule has 23 heavy (non-hydrogen) atoms. The number of carboxylic acids is 1. The van der Waals surface area contributed by atoms with Crippen molar-refractivity contribution in [1.29, 1.82) is 0 Å². The summed E-state index contributed by atoms with van der Waals surface area (Å²) in [6.45, 7) is 2.24. The van der Waals surface area contributed by atoms with E-state index in [1.807, 2.05) is 0 Å². The normalized spacial score (nSPS) is 9.43. The predicted octanol–water partition coefficient (Wildman–Crippen LogP) is 3.94. The SMILES string of the molecule is CCCCCCCCCCC#CC#Cc1ccc(C(=O)[O-])cc1. The van der Waals surface area contributed by atoms with Gasteiger partial charge in [-0.1, -0.05) is 75.8 Å². The maximum atomic E-state index is 10.6. The molecule has 0 radical (unpaired) electrons. The van der Waals surface area contributed by atoms with Crippen LogP contribution in [0, 0.1) is 23.7 Å². The number of aromatic carboxylic acids is 1. The average Bonchev–Trinajstić information content (AvgIpc) is 2.56. The Labute approximate surface area is 140 Å². The molecule has 0 fully saturated rings. The number of hydrogen-bond donors (Lipinski definition) is 0. The number of hydrogen-bond acceptors (Lipinski definition) is 2. The van der Waals surface area contributed by atoms with Gasteiger partial charge in [-0.3, -0.25) is 0 Å². The first-order chi connectivity index (χ1) is 11.2. The quantitative estimate of drug-likeness (QED) is 0.512. The molecule has 0 saturated carbocycles. The molecule has 0 aromatic heterocycles.